The van der Waals surface area contributed by atoms with E-state index >= 15 is 0 Å². The summed E-state index contributed by atoms with van der Waals surface area (Å²) < 4.78 is 0. The van der Waals surface area contributed by atoms with E-state index in [2.05, 4.69) is 70.5 Å². The molecule has 0 aliphatic carbocycles. The van der Waals surface area contributed by atoms with E-state index in [1.54, 1.807) is 0 Å². The van der Waals surface area contributed by atoms with Crippen LogP contribution in [0.4, 0.5) is 0 Å². The zero-order chi connectivity index (χ0) is 21.9. The molecule has 0 spiro atoms. The van der Waals surface area contributed by atoms with Crippen molar-refractivity contribution >= 4 is 28.4 Å². The summed E-state index contributed by atoms with van der Waals surface area (Å²) in [5, 5.41) is 1.51. The van der Waals surface area contributed by atoms with Crippen molar-refractivity contribution in [3.05, 3.63) is 107 Å². The number of amides is 1. The summed E-state index contributed by atoms with van der Waals surface area (Å²) in [4.78, 5) is 20.7. The fraction of sp³-hybridized carbons (Fsp3) is 0.222. The Morgan fingerprint density at radius 3 is 2.12 bits per heavy atom. The fourth-order valence-electron chi connectivity index (χ4n) is 4.57. The van der Waals surface area contributed by atoms with Gasteiger partial charge in [-0.05, 0) is 29.3 Å². The molecule has 162 valence electrons. The Hall–Kier alpha value is -3.08. The number of carbonyl (C=O) groups excluding carboxylic acids is 1. The van der Waals surface area contributed by atoms with Gasteiger partial charge in [-0.1, -0.05) is 72.3 Å². The summed E-state index contributed by atoms with van der Waals surface area (Å²) in [6.07, 6.45) is 1.86. The molecule has 1 amide bonds. The number of H-pyrrole nitrogens is 1. The van der Waals surface area contributed by atoms with Gasteiger partial charge >= 0.3 is 0 Å². The minimum absolute atomic E-state index is 0.0143. The SMILES string of the molecule is O=C(c1cc2cc[nH]c2cc1Cl)N1CCN(CC(c2ccccc2)c2ccccc2)CC1. The van der Waals surface area contributed by atoms with Crippen molar-refractivity contribution in [2.45, 2.75) is 5.92 Å². The molecule has 0 radical (unpaired) electrons. The van der Waals surface area contributed by atoms with Crippen LogP contribution in [0.1, 0.15) is 27.4 Å². The van der Waals surface area contributed by atoms with Crippen LogP contribution >= 0.6 is 11.6 Å². The van der Waals surface area contributed by atoms with Gasteiger partial charge in [0.05, 0.1) is 10.6 Å². The quantitative estimate of drug-likeness (QED) is 0.448. The number of rotatable bonds is 5. The number of nitrogens with one attached hydrogen (secondary N) is 1. The molecular weight excluding hydrogens is 418 g/mol. The number of benzene rings is 3. The maximum absolute atomic E-state index is 13.2. The van der Waals surface area contributed by atoms with Crippen LogP contribution in [0.5, 0.6) is 0 Å². The Balaban J connectivity index is 1.28. The molecule has 2 heterocycles. The predicted molar refractivity (Wildman–Crippen MR) is 130 cm³/mol. The third-order valence-corrected chi connectivity index (χ3v) is 6.69. The molecule has 4 nitrogen and oxygen atoms in total. The summed E-state index contributed by atoms with van der Waals surface area (Å²) in [6.45, 7) is 4.05. The number of carbonyl (C=O) groups is 1. The van der Waals surface area contributed by atoms with E-state index in [0.717, 1.165) is 30.5 Å². The molecule has 5 rings (SSSR count). The van der Waals surface area contributed by atoms with E-state index in [4.69, 9.17) is 11.6 Å². The van der Waals surface area contributed by atoms with E-state index in [0.29, 0.717) is 29.6 Å². The molecule has 4 aromatic rings. The summed E-state index contributed by atoms with van der Waals surface area (Å²) >= 11 is 6.43. The van der Waals surface area contributed by atoms with Gasteiger partial charge < -0.3 is 9.88 Å². The lowest BCUT2D eigenvalue weighted by atomic mass is 9.90. The number of aromatic nitrogens is 1. The van der Waals surface area contributed by atoms with E-state index in [1.807, 2.05) is 29.3 Å². The van der Waals surface area contributed by atoms with Crippen LogP contribution in [0.3, 0.4) is 0 Å². The van der Waals surface area contributed by atoms with Gasteiger partial charge in [-0.2, -0.15) is 0 Å². The monoisotopic (exact) mass is 443 g/mol. The van der Waals surface area contributed by atoms with Crippen molar-refractivity contribution < 1.29 is 4.79 Å². The number of halogens is 1. The van der Waals surface area contributed by atoms with Crippen LogP contribution in [0.2, 0.25) is 5.02 Å². The number of aromatic amines is 1. The van der Waals surface area contributed by atoms with Crippen molar-refractivity contribution in [2.75, 3.05) is 32.7 Å². The average molecular weight is 444 g/mol. The molecule has 1 N–H and O–H groups in total. The number of hydrogen-bond donors (Lipinski definition) is 1. The highest BCUT2D eigenvalue weighted by Gasteiger charge is 2.26. The van der Waals surface area contributed by atoms with Crippen molar-refractivity contribution in [2.24, 2.45) is 0 Å². The first kappa shape index (κ1) is 20.8. The Labute approximate surface area is 193 Å². The summed E-state index contributed by atoms with van der Waals surface area (Å²) in [6, 6.07) is 27.1. The third kappa shape index (κ3) is 4.29. The molecule has 0 unspecified atom stereocenters. The van der Waals surface area contributed by atoms with Gasteiger partial charge in [0.25, 0.3) is 5.91 Å². The lowest BCUT2D eigenvalue weighted by molar-refractivity contribution is 0.0634. The lowest BCUT2D eigenvalue weighted by Gasteiger charge is -2.37. The maximum Gasteiger partial charge on any atom is 0.255 e. The van der Waals surface area contributed by atoms with E-state index < -0.39 is 0 Å². The zero-order valence-electron chi connectivity index (χ0n) is 17.9. The second kappa shape index (κ2) is 9.19. The Morgan fingerprint density at radius 2 is 1.50 bits per heavy atom. The van der Waals surface area contributed by atoms with Gasteiger partial charge in [0.2, 0.25) is 0 Å². The van der Waals surface area contributed by atoms with Crippen LogP contribution in [-0.4, -0.2) is 53.4 Å². The molecule has 0 saturated carbocycles. The van der Waals surface area contributed by atoms with Gasteiger partial charge in [-0.3, -0.25) is 9.69 Å². The average Bonchev–Trinajstić information content (AvgIpc) is 3.30. The van der Waals surface area contributed by atoms with Gasteiger partial charge in [0, 0.05) is 55.7 Å². The third-order valence-electron chi connectivity index (χ3n) is 6.38. The molecule has 1 saturated heterocycles. The minimum atomic E-state index is 0.0143. The molecule has 3 aromatic carbocycles. The van der Waals surface area contributed by atoms with E-state index in [9.17, 15) is 4.79 Å². The molecule has 32 heavy (non-hydrogen) atoms. The topological polar surface area (TPSA) is 39.3 Å². The number of hydrogen-bond acceptors (Lipinski definition) is 2. The standard InChI is InChI=1S/C27H26ClN3O/c28-25-18-26-22(11-12-29-26)17-23(25)27(32)31-15-13-30(14-16-31)19-24(20-7-3-1-4-8-20)21-9-5-2-6-10-21/h1-12,17-18,24,29H,13-16,19H2. The van der Waals surface area contributed by atoms with Crippen LogP contribution < -0.4 is 0 Å². The van der Waals surface area contributed by atoms with Crippen LogP contribution in [0, 0.1) is 0 Å². The number of fused-ring (bicyclic) bond motifs is 1. The van der Waals surface area contributed by atoms with Crippen molar-refractivity contribution in [1.82, 2.24) is 14.8 Å². The fourth-order valence-corrected chi connectivity index (χ4v) is 4.82. The Bertz CT molecular complexity index is 1160. The highest BCUT2D eigenvalue weighted by molar-refractivity contribution is 6.34. The largest absolute Gasteiger partial charge is 0.361 e. The first-order valence-electron chi connectivity index (χ1n) is 11.1. The molecule has 1 aliphatic rings. The maximum atomic E-state index is 13.2. The van der Waals surface area contributed by atoms with Crippen molar-refractivity contribution in [1.29, 1.82) is 0 Å². The van der Waals surface area contributed by atoms with Crippen LogP contribution in [-0.2, 0) is 0 Å². The first-order valence-corrected chi connectivity index (χ1v) is 11.4. The van der Waals surface area contributed by atoms with Gasteiger partial charge in [-0.25, -0.2) is 0 Å². The van der Waals surface area contributed by atoms with Crippen molar-refractivity contribution in [3.63, 3.8) is 0 Å². The second-order valence-corrected chi connectivity index (χ2v) is 8.77. The normalized spacial score (nSPS) is 14.9. The summed E-state index contributed by atoms with van der Waals surface area (Å²) in [5.41, 5.74) is 4.18. The van der Waals surface area contributed by atoms with E-state index in [1.165, 1.54) is 11.1 Å². The van der Waals surface area contributed by atoms with Crippen molar-refractivity contribution in [3.8, 4) is 0 Å². The highest BCUT2D eigenvalue weighted by Crippen LogP contribution is 2.27. The molecule has 0 bridgehead atoms. The molecule has 1 fully saturated rings. The van der Waals surface area contributed by atoms with Crippen LogP contribution in [0.15, 0.2) is 85.1 Å². The number of nitrogens with zero attached hydrogens (tertiary/aromatic N) is 2. The van der Waals surface area contributed by atoms with E-state index in [-0.39, 0.29) is 5.91 Å². The van der Waals surface area contributed by atoms with Crippen LogP contribution in [0.25, 0.3) is 10.9 Å². The van der Waals surface area contributed by atoms with Gasteiger partial charge in [-0.15, -0.1) is 0 Å². The molecular formula is C27H26ClN3O. The van der Waals surface area contributed by atoms with Gasteiger partial charge in [0.15, 0.2) is 0 Å². The molecule has 1 aliphatic heterocycles. The summed E-state index contributed by atoms with van der Waals surface area (Å²) in [7, 11) is 0. The highest BCUT2D eigenvalue weighted by atomic mass is 35.5. The summed E-state index contributed by atoms with van der Waals surface area (Å²) in [5.74, 6) is 0.325. The number of piperazine rings is 1. The Kier molecular flexibility index (Phi) is 5.97. The zero-order valence-corrected chi connectivity index (χ0v) is 18.6. The smallest absolute Gasteiger partial charge is 0.255 e. The first-order chi connectivity index (χ1) is 15.7. The Morgan fingerprint density at radius 1 is 0.875 bits per heavy atom. The molecule has 0 atom stereocenters. The van der Waals surface area contributed by atoms with Gasteiger partial charge in [0.1, 0.15) is 0 Å². The lowest BCUT2D eigenvalue weighted by Crippen LogP contribution is -2.49. The molecule has 1 aromatic heterocycles. The minimum Gasteiger partial charge on any atom is -0.361 e. The predicted octanol–water partition coefficient (Wildman–Crippen LogP) is 5.41. The molecule has 5 heteroatoms. The second-order valence-electron chi connectivity index (χ2n) is 8.36.